The van der Waals surface area contributed by atoms with Crippen molar-refractivity contribution >= 4 is 41.8 Å². The van der Waals surface area contributed by atoms with Crippen LogP contribution in [0.15, 0.2) is 23.3 Å². The summed E-state index contributed by atoms with van der Waals surface area (Å²) in [5.41, 5.74) is 1.18. The van der Waals surface area contributed by atoms with Crippen molar-refractivity contribution < 1.29 is 9.53 Å². The lowest BCUT2D eigenvalue weighted by atomic mass is 10.2. The number of nitrogens with zero attached hydrogens (tertiary/aromatic N) is 6. The maximum atomic E-state index is 11.9. The lowest BCUT2D eigenvalue weighted by molar-refractivity contribution is 0.0914. The van der Waals surface area contributed by atoms with E-state index in [2.05, 4.69) is 43.1 Å². The number of carbonyl (C=O) groups excluding carboxylic acids is 1. The Morgan fingerprint density at radius 3 is 2.43 bits per heavy atom. The van der Waals surface area contributed by atoms with Crippen LogP contribution in [0.1, 0.15) is 12.5 Å². The Hall–Kier alpha value is -1.82. The summed E-state index contributed by atoms with van der Waals surface area (Å²) in [5, 5.41) is 3.45. The number of likely N-dealkylation sites (N-methyl/N-ethyl adjacent to an activating group) is 1. The number of halogens is 1. The van der Waals surface area contributed by atoms with Gasteiger partial charge in [-0.3, -0.25) is 4.99 Å². The fourth-order valence-electron chi connectivity index (χ4n) is 3.61. The average molecular weight is 531 g/mol. The fourth-order valence-corrected chi connectivity index (χ4v) is 3.61. The zero-order chi connectivity index (χ0) is 20.6. The molecule has 0 unspecified atom stereocenters. The molecule has 0 bridgehead atoms. The third kappa shape index (κ3) is 6.59. The van der Waals surface area contributed by atoms with E-state index in [-0.39, 0.29) is 30.1 Å². The monoisotopic (exact) mass is 531 g/mol. The Bertz CT molecular complexity index is 702. The first-order valence-corrected chi connectivity index (χ1v) is 10.4. The van der Waals surface area contributed by atoms with Crippen LogP contribution in [0.3, 0.4) is 0 Å². The van der Waals surface area contributed by atoms with E-state index in [4.69, 9.17) is 4.74 Å². The van der Waals surface area contributed by atoms with Gasteiger partial charge in [-0.05, 0) is 31.7 Å². The topological polar surface area (TPSA) is 76.5 Å². The predicted octanol–water partition coefficient (Wildman–Crippen LogP) is 1.30. The summed E-state index contributed by atoms with van der Waals surface area (Å²) >= 11 is 0. The molecule has 2 aliphatic heterocycles. The van der Waals surface area contributed by atoms with Gasteiger partial charge in [0.15, 0.2) is 5.96 Å². The molecule has 0 aromatic carbocycles. The first-order chi connectivity index (χ1) is 14.1. The molecular weight excluding hydrogens is 497 g/mol. The van der Waals surface area contributed by atoms with E-state index in [1.807, 2.05) is 19.2 Å². The molecule has 0 spiro atoms. The van der Waals surface area contributed by atoms with Gasteiger partial charge in [-0.1, -0.05) is 0 Å². The number of rotatable bonds is 4. The van der Waals surface area contributed by atoms with Gasteiger partial charge in [-0.15, -0.1) is 24.0 Å². The molecule has 30 heavy (non-hydrogen) atoms. The van der Waals surface area contributed by atoms with Crippen molar-refractivity contribution in [1.82, 2.24) is 25.0 Å². The number of anilines is 1. The fraction of sp³-hybridized carbons (Fsp3) is 0.650. The van der Waals surface area contributed by atoms with E-state index in [1.165, 1.54) is 5.56 Å². The number of amides is 1. The maximum Gasteiger partial charge on any atom is 0.409 e. The number of hydrogen-bond donors (Lipinski definition) is 1. The maximum absolute atomic E-state index is 11.9. The van der Waals surface area contributed by atoms with Gasteiger partial charge in [-0.25, -0.2) is 9.78 Å². The second kappa shape index (κ2) is 12.1. The first kappa shape index (κ1) is 24.4. The normalized spacial score (nSPS) is 18.1. The zero-order valence-electron chi connectivity index (χ0n) is 18.2. The van der Waals surface area contributed by atoms with Gasteiger partial charge >= 0.3 is 6.09 Å². The Morgan fingerprint density at radius 1 is 1.13 bits per heavy atom. The van der Waals surface area contributed by atoms with Crippen molar-refractivity contribution in [2.75, 3.05) is 78.0 Å². The van der Waals surface area contributed by atoms with Crippen molar-refractivity contribution in [3.05, 3.63) is 23.9 Å². The molecule has 2 saturated heterocycles. The van der Waals surface area contributed by atoms with Gasteiger partial charge < -0.3 is 29.7 Å². The van der Waals surface area contributed by atoms with Crippen LogP contribution >= 0.6 is 24.0 Å². The van der Waals surface area contributed by atoms with E-state index in [1.54, 1.807) is 11.9 Å². The van der Waals surface area contributed by atoms with E-state index < -0.39 is 0 Å². The molecule has 3 rings (SSSR count). The van der Waals surface area contributed by atoms with Gasteiger partial charge in [0.25, 0.3) is 0 Å². The SMILES string of the molecule is CCOC(=O)N1CCN(C(=NC)NCc2ccnc(N3CCN(C)CC3)c2)CC1.I. The van der Waals surface area contributed by atoms with Crippen LogP contribution in [0.2, 0.25) is 0 Å². The van der Waals surface area contributed by atoms with E-state index in [0.29, 0.717) is 26.2 Å². The van der Waals surface area contributed by atoms with Crippen LogP contribution in [-0.4, -0.2) is 105 Å². The van der Waals surface area contributed by atoms with Crippen LogP contribution in [-0.2, 0) is 11.3 Å². The third-order valence-corrected chi connectivity index (χ3v) is 5.40. The summed E-state index contributed by atoms with van der Waals surface area (Å²) in [7, 11) is 3.95. The summed E-state index contributed by atoms with van der Waals surface area (Å²) in [6, 6.07) is 4.20. The number of carbonyl (C=O) groups is 1. The molecule has 1 N–H and O–H groups in total. The molecule has 1 aromatic rings. The molecule has 1 aromatic heterocycles. The molecule has 0 radical (unpaired) electrons. The molecule has 3 heterocycles. The van der Waals surface area contributed by atoms with Gasteiger partial charge in [0.2, 0.25) is 0 Å². The molecule has 1 amide bonds. The summed E-state index contributed by atoms with van der Waals surface area (Å²) in [6.45, 7) is 9.82. The molecule has 9 nitrogen and oxygen atoms in total. The Labute approximate surface area is 196 Å². The van der Waals surface area contributed by atoms with Crippen LogP contribution in [0.25, 0.3) is 0 Å². The number of guanidine groups is 1. The van der Waals surface area contributed by atoms with Crippen molar-refractivity contribution in [1.29, 1.82) is 0 Å². The number of piperazine rings is 2. The minimum absolute atomic E-state index is 0. The van der Waals surface area contributed by atoms with Crippen LogP contribution in [0.4, 0.5) is 10.6 Å². The van der Waals surface area contributed by atoms with Crippen molar-refractivity contribution in [2.24, 2.45) is 4.99 Å². The lowest BCUT2D eigenvalue weighted by Crippen LogP contribution is -2.53. The van der Waals surface area contributed by atoms with Crippen molar-refractivity contribution in [3.63, 3.8) is 0 Å². The number of nitrogens with one attached hydrogen (secondary N) is 1. The highest BCUT2D eigenvalue weighted by molar-refractivity contribution is 14.0. The van der Waals surface area contributed by atoms with Gasteiger partial charge in [0, 0.05) is 72.1 Å². The highest BCUT2D eigenvalue weighted by Crippen LogP contribution is 2.15. The highest BCUT2D eigenvalue weighted by atomic mass is 127. The van der Waals surface area contributed by atoms with Gasteiger partial charge in [0.1, 0.15) is 5.82 Å². The van der Waals surface area contributed by atoms with E-state index in [0.717, 1.165) is 51.0 Å². The molecule has 2 aliphatic rings. The summed E-state index contributed by atoms with van der Waals surface area (Å²) < 4.78 is 5.09. The second-order valence-corrected chi connectivity index (χ2v) is 7.39. The van der Waals surface area contributed by atoms with Crippen LogP contribution in [0, 0.1) is 0 Å². The molecule has 10 heteroatoms. The van der Waals surface area contributed by atoms with Gasteiger partial charge in [0.05, 0.1) is 6.61 Å². The van der Waals surface area contributed by atoms with Crippen molar-refractivity contribution in [2.45, 2.75) is 13.5 Å². The number of ether oxygens (including phenoxy) is 1. The molecule has 0 aliphatic carbocycles. The lowest BCUT2D eigenvalue weighted by Gasteiger charge is -2.36. The Kier molecular flexibility index (Phi) is 9.89. The predicted molar refractivity (Wildman–Crippen MR) is 130 cm³/mol. The molecule has 168 valence electrons. The first-order valence-electron chi connectivity index (χ1n) is 10.4. The quantitative estimate of drug-likeness (QED) is 0.357. The van der Waals surface area contributed by atoms with Crippen LogP contribution < -0.4 is 10.2 Å². The summed E-state index contributed by atoms with van der Waals surface area (Å²) in [4.78, 5) is 29.4. The number of aromatic nitrogens is 1. The summed E-state index contributed by atoms with van der Waals surface area (Å²) in [5.74, 6) is 1.89. The summed E-state index contributed by atoms with van der Waals surface area (Å²) in [6.07, 6.45) is 1.65. The Balaban J connectivity index is 0.00000320. The highest BCUT2D eigenvalue weighted by Gasteiger charge is 2.23. The largest absolute Gasteiger partial charge is 0.450 e. The second-order valence-electron chi connectivity index (χ2n) is 7.39. The number of hydrogen-bond acceptors (Lipinski definition) is 6. The zero-order valence-corrected chi connectivity index (χ0v) is 20.5. The average Bonchev–Trinajstić information content (AvgIpc) is 2.75. The standard InChI is InChI=1S/C20H33N7O2.HI/c1-4-29-20(28)27-13-11-26(12-14-27)19(21-2)23-16-17-5-6-22-18(15-17)25-9-7-24(3)8-10-25;/h5-6,15H,4,7-14,16H2,1-3H3,(H,21,23);1H. The van der Waals surface area contributed by atoms with E-state index in [9.17, 15) is 4.79 Å². The van der Waals surface area contributed by atoms with Gasteiger partial charge in [-0.2, -0.15) is 0 Å². The molecule has 2 fully saturated rings. The molecule has 0 saturated carbocycles. The number of pyridine rings is 1. The van der Waals surface area contributed by atoms with Crippen LogP contribution in [0.5, 0.6) is 0 Å². The molecular formula is C20H34IN7O2. The van der Waals surface area contributed by atoms with E-state index >= 15 is 0 Å². The number of aliphatic imine (C=N–C) groups is 1. The third-order valence-electron chi connectivity index (χ3n) is 5.40. The molecule has 0 atom stereocenters. The smallest absolute Gasteiger partial charge is 0.409 e. The minimum Gasteiger partial charge on any atom is -0.450 e. The minimum atomic E-state index is -0.233. The Morgan fingerprint density at radius 2 is 1.80 bits per heavy atom. The van der Waals surface area contributed by atoms with Crippen molar-refractivity contribution in [3.8, 4) is 0 Å².